The summed E-state index contributed by atoms with van der Waals surface area (Å²) < 4.78 is 2.12. The first-order valence-corrected chi connectivity index (χ1v) is 6.37. The third kappa shape index (κ3) is 2.45. The molecule has 4 heteroatoms. The van der Waals surface area contributed by atoms with Crippen LogP contribution in [0.25, 0.3) is 16.4 Å². The van der Waals surface area contributed by atoms with Gasteiger partial charge in [-0.3, -0.25) is 4.57 Å². The fourth-order valence-electron chi connectivity index (χ4n) is 1.81. The van der Waals surface area contributed by atoms with E-state index in [9.17, 15) is 0 Å². The van der Waals surface area contributed by atoms with E-state index in [0.717, 1.165) is 11.5 Å². The zero-order valence-electron chi connectivity index (χ0n) is 10.2. The Balaban J connectivity index is 0.00000120. The molecule has 0 radical (unpaired) electrons. The number of hydrogen-bond acceptors (Lipinski definition) is 2. The number of thiophene rings is 1. The monoisotopic (exact) mass is 304 g/mol. The van der Waals surface area contributed by atoms with Crippen molar-refractivity contribution < 1.29 is 19.5 Å². The molecule has 86 valence electrons. The molecule has 0 atom stereocenters. The van der Waals surface area contributed by atoms with Gasteiger partial charge in [-0.15, -0.1) is 11.3 Å². The quantitative estimate of drug-likeness (QED) is 0.656. The second-order valence-corrected chi connectivity index (χ2v) is 4.88. The van der Waals surface area contributed by atoms with Crippen LogP contribution in [0.2, 0.25) is 0 Å². The summed E-state index contributed by atoms with van der Waals surface area (Å²) in [5.74, 6) is 1.00. The molecule has 3 aromatic rings. The van der Waals surface area contributed by atoms with Crippen molar-refractivity contribution in [2.45, 2.75) is 6.92 Å². The normalized spacial score (nSPS) is 10.1. The molecule has 2 aromatic heterocycles. The number of hydrogen-bond donors (Lipinski definition) is 0. The van der Waals surface area contributed by atoms with Gasteiger partial charge in [-0.2, -0.15) is 0 Å². The molecule has 1 aromatic carbocycles. The van der Waals surface area contributed by atoms with Crippen LogP contribution in [0.4, 0.5) is 0 Å². The Labute approximate surface area is 123 Å². The third-order valence-corrected chi connectivity index (χ3v) is 3.56. The Hall–Kier alpha value is -1.25. The van der Waals surface area contributed by atoms with Gasteiger partial charge in [0.1, 0.15) is 0 Å². The fourth-order valence-corrected chi connectivity index (χ4v) is 2.52. The number of rotatable bonds is 2. The molecule has 0 fully saturated rings. The number of nitrogens with zero attached hydrogens (tertiary/aromatic N) is 2. The average Bonchev–Trinajstić information content (AvgIpc) is 3.00. The molecule has 0 amide bonds. The maximum absolute atomic E-state index is 4.43. The Kier molecular flexibility index (Phi) is 4.10. The van der Waals surface area contributed by atoms with Crippen molar-refractivity contribution in [3.05, 3.63) is 59.7 Å². The van der Waals surface area contributed by atoms with Crippen LogP contribution >= 0.6 is 11.3 Å². The van der Waals surface area contributed by atoms with Crippen LogP contribution in [-0.2, 0) is 19.5 Å². The van der Waals surface area contributed by atoms with Crippen molar-refractivity contribution in [1.82, 2.24) is 9.55 Å². The van der Waals surface area contributed by atoms with Crippen LogP contribution < -0.4 is 0 Å². The second-order valence-electron chi connectivity index (χ2n) is 3.93. The van der Waals surface area contributed by atoms with Gasteiger partial charge in [-0.1, -0.05) is 23.8 Å². The summed E-state index contributed by atoms with van der Waals surface area (Å²) >= 11 is 1.71. The van der Waals surface area contributed by atoms with Crippen LogP contribution in [-0.4, -0.2) is 9.55 Å². The number of benzene rings is 1. The largest absolute Gasteiger partial charge is 0.299 e. The van der Waals surface area contributed by atoms with Crippen molar-refractivity contribution in [2.24, 2.45) is 0 Å². The van der Waals surface area contributed by atoms with E-state index >= 15 is 0 Å². The van der Waals surface area contributed by atoms with Crippen molar-refractivity contribution >= 4 is 11.3 Å². The molecule has 0 aliphatic heterocycles. The maximum Gasteiger partial charge on any atom is 0.154 e. The number of aryl methyl sites for hydroxylation is 1. The van der Waals surface area contributed by atoms with Crippen LogP contribution in [0.15, 0.2) is 54.2 Å². The molecular formula is C14H12N2SZn. The molecule has 0 bridgehead atoms. The molecule has 0 spiro atoms. The molecule has 3 rings (SSSR count). The molecule has 0 aliphatic rings. The van der Waals surface area contributed by atoms with E-state index in [1.807, 2.05) is 18.5 Å². The SMILES string of the molecule is Cc1ccc(-n2ccnc2-c2cccs2)cc1.[Zn]. The summed E-state index contributed by atoms with van der Waals surface area (Å²) in [6.07, 6.45) is 3.84. The van der Waals surface area contributed by atoms with Gasteiger partial charge in [-0.05, 0) is 30.5 Å². The van der Waals surface area contributed by atoms with Crippen molar-refractivity contribution in [1.29, 1.82) is 0 Å². The first-order chi connectivity index (χ1) is 8.34. The number of imidazole rings is 1. The van der Waals surface area contributed by atoms with Gasteiger partial charge in [-0.25, -0.2) is 4.98 Å². The van der Waals surface area contributed by atoms with E-state index in [1.54, 1.807) is 11.3 Å². The second kappa shape index (κ2) is 5.60. The Morgan fingerprint density at radius 2 is 1.89 bits per heavy atom. The Morgan fingerprint density at radius 3 is 2.56 bits per heavy atom. The van der Waals surface area contributed by atoms with Crippen molar-refractivity contribution in [3.63, 3.8) is 0 Å². The van der Waals surface area contributed by atoms with E-state index in [0.29, 0.717) is 0 Å². The predicted molar refractivity (Wildman–Crippen MR) is 71.6 cm³/mol. The third-order valence-electron chi connectivity index (χ3n) is 2.69. The van der Waals surface area contributed by atoms with Crippen LogP contribution in [0.3, 0.4) is 0 Å². The molecule has 0 aliphatic carbocycles. The molecule has 0 saturated carbocycles. The summed E-state index contributed by atoms with van der Waals surface area (Å²) in [5, 5.41) is 2.07. The Bertz CT molecular complexity index is 612. The summed E-state index contributed by atoms with van der Waals surface area (Å²) in [6.45, 7) is 2.10. The molecule has 0 saturated heterocycles. The zero-order chi connectivity index (χ0) is 11.7. The Morgan fingerprint density at radius 1 is 1.11 bits per heavy atom. The minimum absolute atomic E-state index is 0. The number of aromatic nitrogens is 2. The van der Waals surface area contributed by atoms with Crippen LogP contribution in [0.5, 0.6) is 0 Å². The van der Waals surface area contributed by atoms with E-state index in [4.69, 9.17) is 0 Å². The predicted octanol–water partition coefficient (Wildman–Crippen LogP) is 3.91. The van der Waals surface area contributed by atoms with Gasteiger partial charge in [0.25, 0.3) is 0 Å². The van der Waals surface area contributed by atoms with E-state index in [1.165, 1.54) is 10.4 Å². The summed E-state index contributed by atoms with van der Waals surface area (Å²) in [7, 11) is 0. The standard InChI is InChI=1S/C14H12N2S.Zn/c1-11-4-6-12(7-5-11)16-9-8-15-14(16)13-3-2-10-17-13;/h2-10H,1H3;. The molecular weight excluding hydrogens is 294 g/mol. The van der Waals surface area contributed by atoms with Crippen molar-refractivity contribution in [2.75, 3.05) is 0 Å². The summed E-state index contributed by atoms with van der Waals surface area (Å²) in [4.78, 5) is 5.62. The minimum atomic E-state index is 0. The van der Waals surface area contributed by atoms with Crippen molar-refractivity contribution in [3.8, 4) is 16.4 Å². The summed E-state index contributed by atoms with van der Waals surface area (Å²) in [5.41, 5.74) is 2.42. The smallest absolute Gasteiger partial charge is 0.154 e. The van der Waals surface area contributed by atoms with Gasteiger partial charge in [0, 0.05) is 37.6 Å². The van der Waals surface area contributed by atoms with E-state index in [-0.39, 0.29) is 19.5 Å². The van der Waals surface area contributed by atoms with E-state index < -0.39 is 0 Å². The first kappa shape index (κ1) is 13.2. The molecule has 2 heterocycles. The van der Waals surface area contributed by atoms with Gasteiger partial charge in [0.2, 0.25) is 0 Å². The molecule has 0 unspecified atom stereocenters. The van der Waals surface area contributed by atoms with Crippen LogP contribution in [0.1, 0.15) is 5.56 Å². The van der Waals surface area contributed by atoms with Gasteiger partial charge in [0.05, 0.1) is 4.88 Å². The van der Waals surface area contributed by atoms with Gasteiger partial charge < -0.3 is 0 Å². The van der Waals surface area contributed by atoms with Crippen LogP contribution in [0, 0.1) is 6.92 Å². The van der Waals surface area contributed by atoms with Gasteiger partial charge in [0.15, 0.2) is 5.82 Å². The summed E-state index contributed by atoms with van der Waals surface area (Å²) in [6, 6.07) is 12.6. The van der Waals surface area contributed by atoms with E-state index in [2.05, 4.69) is 52.2 Å². The molecule has 18 heavy (non-hydrogen) atoms. The van der Waals surface area contributed by atoms with Gasteiger partial charge >= 0.3 is 0 Å². The fraction of sp³-hybridized carbons (Fsp3) is 0.0714. The minimum Gasteiger partial charge on any atom is -0.299 e. The molecule has 0 N–H and O–H groups in total. The zero-order valence-corrected chi connectivity index (χ0v) is 14.0. The topological polar surface area (TPSA) is 17.8 Å². The first-order valence-electron chi connectivity index (χ1n) is 5.49. The molecule has 2 nitrogen and oxygen atoms in total. The average molecular weight is 306 g/mol. The maximum atomic E-state index is 4.43.